The standard InChI is InChI=1S/C16H25NOS/c1-3-19-16-7-5-4-6-14(16)12(2)17-15(10-11-18)13-8-9-13/h4-7,12-13,15,17-18H,3,8-11H2,1-2H3. The third-order valence-corrected chi connectivity index (χ3v) is 4.75. The van der Waals surface area contributed by atoms with Gasteiger partial charge in [-0.3, -0.25) is 0 Å². The van der Waals surface area contributed by atoms with Crippen LogP contribution in [0.2, 0.25) is 0 Å². The van der Waals surface area contributed by atoms with Gasteiger partial charge in [0.15, 0.2) is 0 Å². The third-order valence-electron chi connectivity index (χ3n) is 3.78. The van der Waals surface area contributed by atoms with Crippen molar-refractivity contribution < 1.29 is 5.11 Å². The molecule has 0 aliphatic heterocycles. The van der Waals surface area contributed by atoms with Gasteiger partial charge >= 0.3 is 0 Å². The summed E-state index contributed by atoms with van der Waals surface area (Å²) in [5.41, 5.74) is 1.39. The topological polar surface area (TPSA) is 32.3 Å². The van der Waals surface area contributed by atoms with Gasteiger partial charge in [0.1, 0.15) is 0 Å². The predicted octanol–water partition coefficient (Wildman–Crippen LogP) is 3.61. The lowest BCUT2D eigenvalue weighted by atomic mass is 10.0. The summed E-state index contributed by atoms with van der Waals surface area (Å²) >= 11 is 1.91. The van der Waals surface area contributed by atoms with E-state index >= 15 is 0 Å². The highest BCUT2D eigenvalue weighted by molar-refractivity contribution is 7.99. The van der Waals surface area contributed by atoms with Gasteiger partial charge in [-0.2, -0.15) is 0 Å². The molecule has 1 saturated carbocycles. The highest BCUT2D eigenvalue weighted by Crippen LogP contribution is 2.36. The number of thioether (sulfide) groups is 1. The van der Waals surface area contributed by atoms with Crippen LogP contribution >= 0.6 is 11.8 Å². The molecule has 2 atom stereocenters. The molecule has 0 heterocycles. The molecule has 1 fully saturated rings. The summed E-state index contributed by atoms with van der Waals surface area (Å²) in [6.07, 6.45) is 3.50. The summed E-state index contributed by atoms with van der Waals surface area (Å²) in [4.78, 5) is 1.38. The lowest BCUT2D eigenvalue weighted by molar-refractivity contribution is 0.250. The quantitative estimate of drug-likeness (QED) is 0.713. The van der Waals surface area contributed by atoms with Crippen LogP contribution in [0.15, 0.2) is 29.2 Å². The first-order valence-electron chi connectivity index (χ1n) is 7.34. The molecule has 0 bridgehead atoms. The van der Waals surface area contributed by atoms with E-state index in [0.717, 1.165) is 18.1 Å². The maximum Gasteiger partial charge on any atom is 0.0445 e. The highest BCUT2D eigenvalue weighted by Gasteiger charge is 2.31. The number of benzene rings is 1. The minimum Gasteiger partial charge on any atom is -0.396 e. The Hall–Kier alpha value is -0.510. The molecule has 19 heavy (non-hydrogen) atoms. The first kappa shape index (κ1) is 14.9. The first-order chi connectivity index (χ1) is 9.26. The van der Waals surface area contributed by atoms with E-state index in [-0.39, 0.29) is 6.61 Å². The molecule has 0 saturated heterocycles. The molecule has 1 aliphatic rings. The fourth-order valence-electron chi connectivity index (χ4n) is 2.63. The Bertz CT molecular complexity index is 392. The van der Waals surface area contributed by atoms with Gasteiger partial charge in [-0.15, -0.1) is 11.8 Å². The maximum absolute atomic E-state index is 9.19. The van der Waals surface area contributed by atoms with E-state index in [9.17, 15) is 5.11 Å². The molecule has 3 heteroatoms. The van der Waals surface area contributed by atoms with Crippen molar-refractivity contribution in [3.8, 4) is 0 Å². The fraction of sp³-hybridized carbons (Fsp3) is 0.625. The van der Waals surface area contributed by atoms with Crippen molar-refractivity contribution in [1.29, 1.82) is 0 Å². The molecule has 2 nitrogen and oxygen atoms in total. The van der Waals surface area contributed by atoms with Crippen LogP contribution in [0.3, 0.4) is 0 Å². The highest BCUT2D eigenvalue weighted by atomic mass is 32.2. The molecule has 0 radical (unpaired) electrons. The second kappa shape index (κ2) is 7.32. The maximum atomic E-state index is 9.19. The average Bonchev–Trinajstić information content (AvgIpc) is 3.23. The number of hydrogen-bond donors (Lipinski definition) is 2. The lowest BCUT2D eigenvalue weighted by Crippen LogP contribution is -2.34. The van der Waals surface area contributed by atoms with Gasteiger partial charge in [0.25, 0.3) is 0 Å². The van der Waals surface area contributed by atoms with Crippen LogP contribution in [0.4, 0.5) is 0 Å². The van der Waals surface area contributed by atoms with Crippen LogP contribution in [0.1, 0.15) is 44.7 Å². The van der Waals surface area contributed by atoms with Gasteiger partial charge in [-0.1, -0.05) is 25.1 Å². The van der Waals surface area contributed by atoms with Crippen LogP contribution in [-0.4, -0.2) is 23.5 Å². The van der Waals surface area contributed by atoms with E-state index in [0.29, 0.717) is 12.1 Å². The van der Waals surface area contributed by atoms with Crippen molar-refractivity contribution >= 4 is 11.8 Å². The van der Waals surface area contributed by atoms with Crippen molar-refractivity contribution in [1.82, 2.24) is 5.32 Å². The van der Waals surface area contributed by atoms with Gasteiger partial charge < -0.3 is 10.4 Å². The molecule has 1 aliphatic carbocycles. The summed E-state index contributed by atoms with van der Waals surface area (Å²) in [6, 6.07) is 9.48. The monoisotopic (exact) mass is 279 g/mol. The Kier molecular flexibility index (Phi) is 5.74. The number of nitrogens with one attached hydrogen (secondary N) is 1. The first-order valence-corrected chi connectivity index (χ1v) is 8.33. The Balaban J connectivity index is 2.03. The zero-order valence-electron chi connectivity index (χ0n) is 11.9. The zero-order valence-corrected chi connectivity index (χ0v) is 12.7. The van der Waals surface area contributed by atoms with Crippen LogP contribution in [0.25, 0.3) is 0 Å². The van der Waals surface area contributed by atoms with Crippen LogP contribution in [-0.2, 0) is 0 Å². The van der Waals surface area contributed by atoms with E-state index in [4.69, 9.17) is 0 Å². The lowest BCUT2D eigenvalue weighted by Gasteiger charge is -2.24. The van der Waals surface area contributed by atoms with Gasteiger partial charge in [-0.25, -0.2) is 0 Å². The van der Waals surface area contributed by atoms with E-state index in [1.807, 2.05) is 11.8 Å². The van der Waals surface area contributed by atoms with Gasteiger partial charge in [-0.05, 0) is 49.5 Å². The molecule has 1 aromatic carbocycles. The molecule has 1 aromatic rings. The van der Waals surface area contributed by atoms with Crippen LogP contribution in [0.5, 0.6) is 0 Å². The second-order valence-electron chi connectivity index (χ2n) is 5.32. The van der Waals surface area contributed by atoms with Crippen molar-refractivity contribution in [2.24, 2.45) is 5.92 Å². The number of aliphatic hydroxyl groups excluding tert-OH is 1. The molecular weight excluding hydrogens is 254 g/mol. The summed E-state index contributed by atoms with van der Waals surface area (Å²) < 4.78 is 0. The van der Waals surface area contributed by atoms with Crippen molar-refractivity contribution in [2.45, 2.75) is 50.1 Å². The predicted molar refractivity (Wildman–Crippen MR) is 82.6 cm³/mol. The normalized spacial score (nSPS) is 18.3. The van der Waals surface area contributed by atoms with E-state index in [1.54, 1.807) is 0 Å². The molecule has 2 N–H and O–H groups in total. The van der Waals surface area contributed by atoms with E-state index in [1.165, 1.54) is 23.3 Å². The molecular formula is C16H25NOS. The zero-order chi connectivity index (χ0) is 13.7. The van der Waals surface area contributed by atoms with E-state index in [2.05, 4.69) is 43.4 Å². The number of aliphatic hydroxyl groups is 1. The van der Waals surface area contributed by atoms with Gasteiger partial charge in [0, 0.05) is 23.6 Å². The van der Waals surface area contributed by atoms with Crippen molar-refractivity contribution in [3.63, 3.8) is 0 Å². The minimum atomic E-state index is 0.284. The molecule has 0 aromatic heterocycles. The summed E-state index contributed by atoms with van der Waals surface area (Å²) in [5.74, 6) is 1.88. The summed E-state index contributed by atoms with van der Waals surface area (Å²) in [5, 5.41) is 12.9. The molecule has 2 rings (SSSR count). The second-order valence-corrected chi connectivity index (χ2v) is 6.62. The fourth-order valence-corrected chi connectivity index (χ4v) is 3.53. The molecule has 0 spiro atoms. The average molecular weight is 279 g/mol. The van der Waals surface area contributed by atoms with Crippen LogP contribution in [0, 0.1) is 5.92 Å². The SMILES string of the molecule is CCSc1ccccc1C(C)NC(CCO)C1CC1. The molecule has 106 valence electrons. The van der Waals surface area contributed by atoms with Gasteiger partial charge in [0.05, 0.1) is 0 Å². The minimum absolute atomic E-state index is 0.284. The Morgan fingerprint density at radius 2 is 2.11 bits per heavy atom. The molecule has 2 unspecified atom stereocenters. The van der Waals surface area contributed by atoms with Crippen LogP contribution < -0.4 is 5.32 Å². The smallest absolute Gasteiger partial charge is 0.0445 e. The Morgan fingerprint density at radius 3 is 2.74 bits per heavy atom. The third kappa shape index (κ3) is 4.23. The van der Waals surface area contributed by atoms with Gasteiger partial charge in [0.2, 0.25) is 0 Å². The number of rotatable bonds is 8. The summed E-state index contributed by atoms with van der Waals surface area (Å²) in [6.45, 7) is 4.71. The van der Waals surface area contributed by atoms with E-state index < -0.39 is 0 Å². The summed E-state index contributed by atoms with van der Waals surface area (Å²) in [7, 11) is 0. The van der Waals surface area contributed by atoms with Crippen molar-refractivity contribution in [2.75, 3.05) is 12.4 Å². The molecule has 0 amide bonds. The Labute approximate surface area is 121 Å². The van der Waals surface area contributed by atoms with Crippen molar-refractivity contribution in [3.05, 3.63) is 29.8 Å². The Morgan fingerprint density at radius 1 is 1.37 bits per heavy atom. The number of hydrogen-bond acceptors (Lipinski definition) is 3. The largest absolute Gasteiger partial charge is 0.396 e.